The number of hydrogen-bond acceptors (Lipinski definition) is 2. The number of hydrogen-bond donors (Lipinski definition) is 1. The maximum absolute atomic E-state index is 9.62. The third-order valence-electron chi connectivity index (χ3n) is 3.10. The Hall–Kier alpha value is -1.13. The third kappa shape index (κ3) is 2.15. The average molecular weight is 293 g/mol. The van der Waals surface area contributed by atoms with Crippen LogP contribution >= 0.6 is 15.9 Å². The van der Waals surface area contributed by atoms with Gasteiger partial charge in [-0.1, -0.05) is 28.1 Å². The van der Waals surface area contributed by atoms with Crippen molar-refractivity contribution < 1.29 is 5.11 Å². The molecule has 1 N–H and O–H groups in total. The van der Waals surface area contributed by atoms with Gasteiger partial charge in [0.25, 0.3) is 0 Å². The predicted octanol–water partition coefficient (Wildman–Crippen LogP) is 2.62. The van der Waals surface area contributed by atoms with Crippen LogP contribution in [-0.2, 0) is 13.0 Å². The summed E-state index contributed by atoms with van der Waals surface area (Å²) in [6, 6.07) is 8.12. The topological polar surface area (TPSA) is 38.0 Å². The van der Waals surface area contributed by atoms with Crippen molar-refractivity contribution in [3.05, 3.63) is 40.8 Å². The minimum absolute atomic E-state index is 0.236. The van der Waals surface area contributed by atoms with Gasteiger partial charge < -0.3 is 9.67 Å². The second-order valence-electron chi connectivity index (χ2n) is 4.39. The molecule has 2 heterocycles. The fourth-order valence-electron chi connectivity index (χ4n) is 2.20. The van der Waals surface area contributed by atoms with E-state index in [0.29, 0.717) is 6.42 Å². The highest BCUT2D eigenvalue weighted by molar-refractivity contribution is 9.10. The first-order valence-electron chi connectivity index (χ1n) is 5.72. The van der Waals surface area contributed by atoms with Gasteiger partial charge in [0.15, 0.2) is 0 Å². The first kappa shape index (κ1) is 11.0. The molecule has 88 valence electrons. The van der Waals surface area contributed by atoms with E-state index in [1.807, 2.05) is 12.1 Å². The molecular weight excluding hydrogens is 280 g/mol. The smallest absolute Gasteiger partial charge is 0.112 e. The van der Waals surface area contributed by atoms with Crippen LogP contribution in [0.1, 0.15) is 12.2 Å². The summed E-state index contributed by atoms with van der Waals surface area (Å²) in [5.74, 6) is 0.985. The molecule has 1 atom stereocenters. The van der Waals surface area contributed by atoms with Crippen LogP contribution in [0.5, 0.6) is 0 Å². The van der Waals surface area contributed by atoms with Gasteiger partial charge in [0.2, 0.25) is 0 Å². The van der Waals surface area contributed by atoms with Gasteiger partial charge in [0.05, 0.1) is 11.8 Å². The number of aliphatic hydroxyl groups excluding tert-OH is 1. The summed E-state index contributed by atoms with van der Waals surface area (Å²) in [7, 11) is 0. The number of rotatable bonds is 1. The predicted molar refractivity (Wildman–Crippen MR) is 69.7 cm³/mol. The van der Waals surface area contributed by atoms with E-state index in [-0.39, 0.29) is 6.10 Å². The molecule has 0 aliphatic carbocycles. The minimum atomic E-state index is -0.236. The molecule has 0 saturated heterocycles. The van der Waals surface area contributed by atoms with Gasteiger partial charge in [-0.3, -0.25) is 0 Å². The number of nitrogens with zero attached hydrogens (tertiary/aromatic N) is 2. The van der Waals surface area contributed by atoms with Crippen LogP contribution in [0.2, 0.25) is 0 Å². The van der Waals surface area contributed by atoms with Gasteiger partial charge in [-0.15, -0.1) is 0 Å². The first-order chi connectivity index (χ1) is 8.22. The number of imidazole rings is 1. The van der Waals surface area contributed by atoms with E-state index in [1.54, 1.807) is 0 Å². The molecule has 0 radical (unpaired) electrons. The SMILES string of the molecule is OC1CCn2cc(-c3cccc(Br)c3)nc2C1. The Morgan fingerprint density at radius 2 is 2.29 bits per heavy atom. The van der Waals surface area contributed by atoms with Crippen LogP contribution in [0.4, 0.5) is 0 Å². The molecule has 0 bridgehead atoms. The second-order valence-corrected chi connectivity index (χ2v) is 5.31. The standard InChI is InChI=1S/C13H13BrN2O/c14-10-3-1-2-9(6-10)12-8-16-5-4-11(17)7-13(16)15-12/h1-3,6,8,11,17H,4-5,7H2. The monoisotopic (exact) mass is 292 g/mol. The lowest BCUT2D eigenvalue weighted by Gasteiger charge is -2.18. The molecule has 3 rings (SSSR count). The Balaban J connectivity index is 2.00. The van der Waals surface area contributed by atoms with Crippen LogP contribution in [-0.4, -0.2) is 20.8 Å². The quantitative estimate of drug-likeness (QED) is 0.877. The van der Waals surface area contributed by atoms with Crippen molar-refractivity contribution in [2.45, 2.75) is 25.5 Å². The van der Waals surface area contributed by atoms with Crippen LogP contribution < -0.4 is 0 Å². The van der Waals surface area contributed by atoms with Crippen molar-refractivity contribution in [2.24, 2.45) is 0 Å². The number of aliphatic hydroxyl groups is 1. The Kier molecular flexibility index (Phi) is 2.76. The molecule has 1 aromatic heterocycles. The fourth-order valence-corrected chi connectivity index (χ4v) is 2.60. The Morgan fingerprint density at radius 3 is 3.12 bits per heavy atom. The molecule has 2 aromatic rings. The molecule has 1 aliphatic rings. The fraction of sp³-hybridized carbons (Fsp3) is 0.308. The lowest BCUT2D eigenvalue weighted by atomic mass is 10.1. The van der Waals surface area contributed by atoms with Gasteiger partial charge in [-0.2, -0.15) is 0 Å². The third-order valence-corrected chi connectivity index (χ3v) is 3.59. The van der Waals surface area contributed by atoms with E-state index in [1.165, 1.54) is 0 Å². The zero-order valence-corrected chi connectivity index (χ0v) is 10.9. The minimum Gasteiger partial charge on any atom is -0.393 e. The number of fused-ring (bicyclic) bond motifs is 1. The summed E-state index contributed by atoms with van der Waals surface area (Å²) in [6.45, 7) is 0.859. The van der Waals surface area contributed by atoms with Crippen LogP contribution in [0, 0.1) is 0 Å². The Morgan fingerprint density at radius 1 is 1.41 bits per heavy atom. The summed E-state index contributed by atoms with van der Waals surface area (Å²) in [5, 5.41) is 9.62. The van der Waals surface area contributed by atoms with Crippen molar-refractivity contribution in [3.8, 4) is 11.3 Å². The van der Waals surface area contributed by atoms with Gasteiger partial charge in [-0.25, -0.2) is 4.98 Å². The average Bonchev–Trinajstić information content (AvgIpc) is 2.72. The van der Waals surface area contributed by atoms with E-state index in [4.69, 9.17) is 0 Å². The highest BCUT2D eigenvalue weighted by atomic mass is 79.9. The lowest BCUT2D eigenvalue weighted by molar-refractivity contribution is 0.141. The van der Waals surface area contributed by atoms with Gasteiger partial charge in [0.1, 0.15) is 5.82 Å². The van der Waals surface area contributed by atoms with Gasteiger partial charge in [0, 0.05) is 29.2 Å². The molecule has 1 unspecified atom stereocenters. The molecule has 1 aromatic carbocycles. The van der Waals surface area contributed by atoms with Crippen molar-refractivity contribution in [3.63, 3.8) is 0 Å². The van der Waals surface area contributed by atoms with E-state index in [2.05, 4.69) is 43.8 Å². The van der Waals surface area contributed by atoms with Crippen molar-refractivity contribution in [2.75, 3.05) is 0 Å². The number of benzene rings is 1. The maximum Gasteiger partial charge on any atom is 0.112 e. The molecule has 17 heavy (non-hydrogen) atoms. The molecule has 4 heteroatoms. The van der Waals surface area contributed by atoms with Gasteiger partial charge in [-0.05, 0) is 18.6 Å². The second kappa shape index (κ2) is 4.27. The van der Waals surface area contributed by atoms with Crippen molar-refractivity contribution in [1.29, 1.82) is 0 Å². The summed E-state index contributed by atoms with van der Waals surface area (Å²) in [6.07, 6.45) is 3.32. The highest BCUT2D eigenvalue weighted by Gasteiger charge is 2.18. The van der Waals surface area contributed by atoms with Gasteiger partial charge >= 0.3 is 0 Å². The molecule has 0 saturated carbocycles. The maximum atomic E-state index is 9.62. The Bertz CT molecular complexity index is 550. The summed E-state index contributed by atoms with van der Waals surface area (Å²) >= 11 is 3.47. The molecular formula is C13H13BrN2O. The molecule has 1 aliphatic heterocycles. The first-order valence-corrected chi connectivity index (χ1v) is 6.52. The van der Waals surface area contributed by atoms with Crippen LogP contribution in [0.25, 0.3) is 11.3 Å². The van der Waals surface area contributed by atoms with Crippen molar-refractivity contribution >= 4 is 15.9 Å². The molecule has 0 fully saturated rings. The van der Waals surface area contributed by atoms with E-state index in [0.717, 1.165) is 34.5 Å². The highest BCUT2D eigenvalue weighted by Crippen LogP contribution is 2.24. The molecule has 3 nitrogen and oxygen atoms in total. The zero-order valence-electron chi connectivity index (χ0n) is 9.31. The number of halogens is 1. The molecule has 0 amide bonds. The molecule has 0 spiro atoms. The van der Waals surface area contributed by atoms with Crippen LogP contribution in [0.15, 0.2) is 34.9 Å². The largest absolute Gasteiger partial charge is 0.393 e. The zero-order chi connectivity index (χ0) is 11.8. The number of aromatic nitrogens is 2. The van der Waals surface area contributed by atoms with E-state index < -0.39 is 0 Å². The summed E-state index contributed by atoms with van der Waals surface area (Å²) in [4.78, 5) is 4.59. The van der Waals surface area contributed by atoms with Crippen LogP contribution in [0.3, 0.4) is 0 Å². The lowest BCUT2D eigenvalue weighted by Crippen LogP contribution is -2.22. The Labute approximate surface area is 108 Å². The van der Waals surface area contributed by atoms with E-state index in [9.17, 15) is 5.11 Å². The van der Waals surface area contributed by atoms with E-state index >= 15 is 0 Å². The summed E-state index contributed by atoms with van der Waals surface area (Å²) < 4.78 is 3.20. The number of aryl methyl sites for hydroxylation is 1. The van der Waals surface area contributed by atoms with Crippen molar-refractivity contribution in [1.82, 2.24) is 9.55 Å². The summed E-state index contributed by atoms with van der Waals surface area (Å²) in [5.41, 5.74) is 2.09. The normalized spacial score (nSPS) is 19.1.